The van der Waals surface area contributed by atoms with E-state index in [9.17, 15) is 10.2 Å². The van der Waals surface area contributed by atoms with Crippen molar-refractivity contribution in [2.45, 2.75) is 141 Å². The highest BCUT2D eigenvalue weighted by Crippen LogP contribution is 2.13. The van der Waals surface area contributed by atoms with Crippen molar-refractivity contribution >= 4 is 0 Å². The van der Waals surface area contributed by atoms with E-state index in [0.29, 0.717) is 6.42 Å². The van der Waals surface area contributed by atoms with E-state index in [4.69, 9.17) is 11.5 Å². The summed E-state index contributed by atoms with van der Waals surface area (Å²) in [6, 6.07) is 0. The van der Waals surface area contributed by atoms with Crippen LogP contribution in [0.2, 0.25) is 0 Å². The van der Waals surface area contributed by atoms with Crippen molar-refractivity contribution in [3.63, 3.8) is 0 Å². The second kappa shape index (κ2) is 30.8. The summed E-state index contributed by atoms with van der Waals surface area (Å²) in [5.41, 5.74) is 0. The largest absolute Gasteiger partial charge is 0.389 e. The first-order valence-corrected chi connectivity index (χ1v) is 14.9. The van der Waals surface area contributed by atoms with Crippen LogP contribution in [0.5, 0.6) is 0 Å². The molecule has 3 nitrogen and oxygen atoms in total. The summed E-state index contributed by atoms with van der Waals surface area (Å²) in [7, 11) is 0. The molecular formula is C35H52O3. The number of terminal acetylenes is 1. The lowest BCUT2D eigenvalue weighted by Crippen LogP contribution is -2.01. The zero-order valence-corrected chi connectivity index (χ0v) is 23.7. The second-order valence-corrected chi connectivity index (χ2v) is 9.87. The molecule has 0 saturated carbocycles. The summed E-state index contributed by atoms with van der Waals surface area (Å²) in [6.07, 6.45) is 36.2. The highest BCUT2D eigenvalue weighted by Gasteiger charge is 1.99. The number of aliphatic hydroxyl groups is 3. The molecule has 0 aromatic heterocycles. The van der Waals surface area contributed by atoms with Gasteiger partial charge in [0.1, 0.15) is 12.7 Å². The molecule has 0 spiro atoms. The molecule has 0 radical (unpaired) electrons. The molecule has 210 valence electrons. The van der Waals surface area contributed by atoms with E-state index < -0.39 is 6.10 Å². The predicted octanol–water partition coefficient (Wildman–Crippen LogP) is 7.26. The fourth-order valence-corrected chi connectivity index (χ4v) is 4.17. The summed E-state index contributed by atoms with van der Waals surface area (Å²) < 4.78 is 0. The number of hydrogen-bond donors (Lipinski definition) is 3. The van der Waals surface area contributed by atoms with Gasteiger partial charge in [0, 0.05) is 0 Å². The van der Waals surface area contributed by atoms with E-state index in [2.05, 4.69) is 53.6 Å². The third-order valence-corrected chi connectivity index (χ3v) is 6.39. The average Bonchev–Trinajstić information content (AvgIpc) is 2.92. The van der Waals surface area contributed by atoms with E-state index in [1.165, 1.54) is 96.3 Å². The fourth-order valence-electron chi connectivity index (χ4n) is 4.17. The van der Waals surface area contributed by atoms with Gasteiger partial charge in [-0.25, -0.2) is 0 Å². The van der Waals surface area contributed by atoms with E-state index in [0.717, 1.165) is 25.7 Å². The molecule has 0 bridgehead atoms. The quantitative estimate of drug-likeness (QED) is 0.0755. The molecule has 0 fully saturated rings. The summed E-state index contributed by atoms with van der Waals surface area (Å²) in [5, 5.41) is 28.0. The monoisotopic (exact) mass is 520 g/mol. The summed E-state index contributed by atoms with van der Waals surface area (Å²) in [4.78, 5) is 0. The molecule has 3 N–H and O–H groups in total. The van der Waals surface area contributed by atoms with Crippen LogP contribution < -0.4 is 0 Å². The molecule has 38 heavy (non-hydrogen) atoms. The predicted molar refractivity (Wildman–Crippen MR) is 162 cm³/mol. The normalized spacial score (nSPS) is 12.2. The maximum atomic E-state index is 9.81. The lowest BCUT2D eigenvalue weighted by Gasteiger charge is -2.05. The first-order chi connectivity index (χ1) is 18.7. The van der Waals surface area contributed by atoms with Crippen molar-refractivity contribution in [3.05, 3.63) is 24.3 Å². The van der Waals surface area contributed by atoms with Crippen molar-refractivity contribution in [2.24, 2.45) is 0 Å². The van der Waals surface area contributed by atoms with E-state index in [-0.39, 0.29) is 12.7 Å². The highest BCUT2D eigenvalue weighted by atomic mass is 16.3. The highest BCUT2D eigenvalue weighted by molar-refractivity contribution is 5.36. The minimum atomic E-state index is -0.611. The minimum absolute atomic E-state index is 0.200. The van der Waals surface area contributed by atoms with Crippen LogP contribution in [0.15, 0.2) is 24.3 Å². The Kier molecular flexibility index (Phi) is 28.9. The third-order valence-electron chi connectivity index (χ3n) is 6.39. The molecule has 0 rings (SSSR count). The number of unbranched alkanes of at least 4 members (excludes halogenated alkanes) is 16. The topological polar surface area (TPSA) is 60.7 Å². The average molecular weight is 521 g/mol. The van der Waals surface area contributed by atoms with Gasteiger partial charge in [-0.05, 0) is 80.8 Å². The van der Waals surface area contributed by atoms with E-state index in [1.807, 2.05) is 0 Å². The van der Waals surface area contributed by atoms with Crippen molar-refractivity contribution in [2.75, 3.05) is 6.61 Å². The van der Waals surface area contributed by atoms with Gasteiger partial charge in [-0.2, -0.15) is 0 Å². The molecule has 0 aliphatic heterocycles. The third kappa shape index (κ3) is 29.8. The second-order valence-electron chi connectivity index (χ2n) is 9.87. The number of allylic oxidation sites excluding steroid dienone is 3. The lowest BCUT2D eigenvalue weighted by molar-refractivity contribution is 0.208. The first kappa shape index (κ1) is 35.6. The number of aliphatic hydroxyl groups excluding tert-OH is 3. The summed E-state index contributed by atoms with van der Waals surface area (Å²) >= 11 is 0. The summed E-state index contributed by atoms with van der Waals surface area (Å²) in [6.45, 7) is -0.200. The molecule has 0 unspecified atom stereocenters. The van der Waals surface area contributed by atoms with Gasteiger partial charge in [0.25, 0.3) is 0 Å². The smallest absolute Gasteiger partial charge is 0.115 e. The van der Waals surface area contributed by atoms with Crippen LogP contribution in [0.4, 0.5) is 0 Å². The van der Waals surface area contributed by atoms with Crippen LogP contribution in [0.3, 0.4) is 0 Å². The zero-order valence-electron chi connectivity index (χ0n) is 23.7. The standard InChI is InChI=1S/C35H52O3/c1-2-3-29-34(37)30-25-21-18-16-14-12-10-8-6-4-5-7-9-11-13-15-17-19-22-26-31-35(38)32-27-23-20-24-28-33-36/h1,3-4,6,29,34-38H,5,7-19,21-22,25-26,30-31,33H2/b6-4-,29-3-/t34-,35-/m0/s1. The van der Waals surface area contributed by atoms with Gasteiger partial charge in [-0.3, -0.25) is 0 Å². The maximum absolute atomic E-state index is 9.81. The number of rotatable bonds is 23. The van der Waals surface area contributed by atoms with E-state index in [1.54, 1.807) is 12.2 Å². The fraction of sp³-hybridized carbons (Fsp3) is 0.657. The minimum Gasteiger partial charge on any atom is -0.389 e. The van der Waals surface area contributed by atoms with E-state index >= 15 is 0 Å². The molecule has 0 amide bonds. The van der Waals surface area contributed by atoms with Crippen LogP contribution in [-0.4, -0.2) is 34.1 Å². The van der Waals surface area contributed by atoms with Crippen molar-refractivity contribution in [1.82, 2.24) is 0 Å². The molecule has 0 aromatic rings. The summed E-state index contributed by atoms with van der Waals surface area (Å²) in [5.74, 6) is 17.7. The van der Waals surface area contributed by atoms with Crippen molar-refractivity contribution in [1.29, 1.82) is 0 Å². The lowest BCUT2D eigenvalue weighted by atomic mass is 10.0. The Morgan fingerprint density at radius 1 is 0.579 bits per heavy atom. The van der Waals surface area contributed by atoms with Crippen LogP contribution >= 0.6 is 0 Å². The Morgan fingerprint density at radius 2 is 1.05 bits per heavy atom. The molecule has 3 heteroatoms. The van der Waals surface area contributed by atoms with Gasteiger partial charge in [0.15, 0.2) is 0 Å². The van der Waals surface area contributed by atoms with Crippen LogP contribution in [0.1, 0.15) is 128 Å². The van der Waals surface area contributed by atoms with Crippen LogP contribution in [-0.2, 0) is 0 Å². The van der Waals surface area contributed by atoms with Gasteiger partial charge in [0.05, 0.1) is 6.10 Å². The van der Waals surface area contributed by atoms with Gasteiger partial charge in [-0.1, -0.05) is 113 Å². The van der Waals surface area contributed by atoms with Crippen molar-refractivity contribution in [3.8, 4) is 47.9 Å². The molecule has 0 saturated heterocycles. The Hall–Kier alpha value is -2.40. The first-order valence-electron chi connectivity index (χ1n) is 14.9. The Bertz CT molecular complexity index is 813. The van der Waals surface area contributed by atoms with Crippen LogP contribution in [0.25, 0.3) is 0 Å². The van der Waals surface area contributed by atoms with Gasteiger partial charge in [0.2, 0.25) is 0 Å². The van der Waals surface area contributed by atoms with Gasteiger partial charge >= 0.3 is 0 Å². The van der Waals surface area contributed by atoms with Crippen molar-refractivity contribution < 1.29 is 15.3 Å². The molecule has 0 aliphatic rings. The molecule has 0 aromatic carbocycles. The SMILES string of the molecule is C#C/C=C\[C@H](O)CCCCCCCCC/C=C\CCCCCCCCCCC[C@H](O)C#CC#CC#CCO. The zero-order chi connectivity index (χ0) is 27.8. The molecule has 0 aliphatic carbocycles. The van der Waals surface area contributed by atoms with Gasteiger partial charge < -0.3 is 15.3 Å². The molecular weight excluding hydrogens is 468 g/mol. The molecule has 2 atom stereocenters. The Labute approximate surface area is 234 Å². The Morgan fingerprint density at radius 3 is 1.58 bits per heavy atom. The number of hydrogen-bond acceptors (Lipinski definition) is 3. The molecule has 0 heterocycles. The van der Waals surface area contributed by atoms with Gasteiger partial charge in [-0.15, -0.1) is 6.42 Å². The Balaban J connectivity index is 3.32. The van der Waals surface area contributed by atoms with Crippen LogP contribution in [0, 0.1) is 47.9 Å². The maximum Gasteiger partial charge on any atom is 0.115 e.